The molecule has 4 rings (SSSR count). The predicted molar refractivity (Wildman–Crippen MR) is 113 cm³/mol. The first-order valence-corrected chi connectivity index (χ1v) is 9.81. The highest BCUT2D eigenvalue weighted by atomic mass is 32.1. The van der Waals surface area contributed by atoms with E-state index in [-0.39, 0.29) is 5.76 Å². The number of aryl methyl sites for hydroxylation is 2. The molecule has 0 aliphatic carbocycles. The third kappa shape index (κ3) is 3.15. The van der Waals surface area contributed by atoms with E-state index in [2.05, 4.69) is 19.1 Å². The number of amidine groups is 1. The number of nitrogens with one attached hydrogen (secondary N) is 1. The van der Waals surface area contributed by atoms with Crippen molar-refractivity contribution in [1.82, 2.24) is 4.98 Å². The molecule has 2 N–H and O–H groups in total. The van der Waals surface area contributed by atoms with Crippen LogP contribution in [0, 0.1) is 12.3 Å². The fourth-order valence-electron chi connectivity index (χ4n) is 3.30. The summed E-state index contributed by atoms with van der Waals surface area (Å²) in [6, 6.07) is 18.2. The third-order valence-corrected chi connectivity index (χ3v) is 5.81. The van der Waals surface area contributed by atoms with E-state index in [4.69, 9.17) is 10.4 Å². The standard InChI is InChI=1S/C22H21N3OS/c1-3-15-9-11-17(12-10-15)25-13-18(26)19(21(25)23)22-24-20(14(2)27-22)16-7-5-4-6-8-16/h4-12,23,26H,3,13H2,1-2H3. The molecule has 27 heavy (non-hydrogen) atoms. The number of rotatable bonds is 4. The Morgan fingerprint density at radius 2 is 1.81 bits per heavy atom. The van der Waals surface area contributed by atoms with Gasteiger partial charge in [0.25, 0.3) is 0 Å². The molecule has 0 atom stereocenters. The van der Waals surface area contributed by atoms with E-state index >= 15 is 0 Å². The van der Waals surface area contributed by atoms with Crippen LogP contribution in [0.1, 0.15) is 22.4 Å². The lowest BCUT2D eigenvalue weighted by molar-refractivity contribution is 0.411. The Hall–Kier alpha value is -2.92. The molecule has 1 aromatic heterocycles. The second-order valence-corrected chi connectivity index (χ2v) is 7.77. The summed E-state index contributed by atoms with van der Waals surface area (Å²) in [6.45, 7) is 4.45. The van der Waals surface area contributed by atoms with E-state index < -0.39 is 0 Å². The van der Waals surface area contributed by atoms with Crippen LogP contribution in [0.25, 0.3) is 16.8 Å². The lowest BCUT2D eigenvalue weighted by Gasteiger charge is -2.18. The first-order valence-electron chi connectivity index (χ1n) is 8.99. The van der Waals surface area contributed by atoms with Gasteiger partial charge in [0.05, 0.1) is 17.8 Å². The summed E-state index contributed by atoms with van der Waals surface area (Å²) in [6.07, 6.45) is 0.979. The maximum Gasteiger partial charge on any atom is 0.139 e. The maximum absolute atomic E-state index is 10.6. The molecule has 1 aliphatic rings. The Bertz CT molecular complexity index is 1020. The molecule has 3 aromatic rings. The Morgan fingerprint density at radius 1 is 1.11 bits per heavy atom. The molecule has 2 heterocycles. The van der Waals surface area contributed by atoms with Gasteiger partial charge in [-0.05, 0) is 31.0 Å². The lowest BCUT2D eigenvalue weighted by Crippen LogP contribution is -2.25. The highest BCUT2D eigenvalue weighted by Crippen LogP contribution is 2.36. The monoisotopic (exact) mass is 375 g/mol. The van der Waals surface area contributed by atoms with Crippen LogP contribution in [0.4, 0.5) is 5.69 Å². The summed E-state index contributed by atoms with van der Waals surface area (Å²) < 4.78 is 0. The summed E-state index contributed by atoms with van der Waals surface area (Å²) in [4.78, 5) is 7.65. The van der Waals surface area contributed by atoms with Gasteiger partial charge >= 0.3 is 0 Å². The van der Waals surface area contributed by atoms with Crippen molar-refractivity contribution in [2.24, 2.45) is 0 Å². The van der Waals surface area contributed by atoms with Crippen LogP contribution in [0.3, 0.4) is 0 Å². The minimum Gasteiger partial charge on any atom is -0.510 e. The first kappa shape index (κ1) is 17.5. The van der Waals surface area contributed by atoms with Gasteiger partial charge in [-0.3, -0.25) is 5.41 Å². The zero-order chi connectivity index (χ0) is 19.0. The van der Waals surface area contributed by atoms with Crippen LogP contribution in [0.5, 0.6) is 0 Å². The molecule has 0 bridgehead atoms. The number of thiazole rings is 1. The molecule has 1 aliphatic heterocycles. The average molecular weight is 375 g/mol. The normalized spacial score (nSPS) is 14.3. The molecule has 136 valence electrons. The Labute approximate surface area is 163 Å². The molecule has 5 heteroatoms. The number of hydrogen-bond donors (Lipinski definition) is 2. The van der Waals surface area contributed by atoms with Crippen LogP contribution < -0.4 is 4.90 Å². The molecule has 0 saturated heterocycles. The zero-order valence-corrected chi connectivity index (χ0v) is 16.2. The van der Waals surface area contributed by atoms with Gasteiger partial charge in [0.15, 0.2) is 0 Å². The predicted octanol–water partition coefficient (Wildman–Crippen LogP) is 5.45. The molecule has 0 spiro atoms. The highest BCUT2D eigenvalue weighted by molar-refractivity contribution is 7.13. The highest BCUT2D eigenvalue weighted by Gasteiger charge is 2.31. The van der Waals surface area contributed by atoms with Crippen LogP contribution >= 0.6 is 11.3 Å². The van der Waals surface area contributed by atoms with Gasteiger partial charge in [0.2, 0.25) is 0 Å². The molecule has 0 unspecified atom stereocenters. The Balaban J connectivity index is 1.66. The van der Waals surface area contributed by atoms with Crippen LogP contribution in [-0.2, 0) is 6.42 Å². The van der Waals surface area contributed by atoms with Crippen molar-refractivity contribution in [1.29, 1.82) is 5.41 Å². The van der Waals surface area contributed by atoms with Gasteiger partial charge in [0.1, 0.15) is 16.6 Å². The smallest absolute Gasteiger partial charge is 0.139 e. The van der Waals surface area contributed by atoms with E-state index in [1.54, 1.807) is 0 Å². The van der Waals surface area contributed by atoms with Crippen molar-refractivity contribution in [3.05, 3.63) is 75.8 Å². The van der Waals surface area contributed by atoms with Crippen molar-refractivity contribution in [2.45, 2.75) is 20.3 Å². The van der Waals surface area contributed by atoms with Gasteiger partial charge < -0.3 is 10.0 Å². The minimum atomic E-state index is 0.202. The Morgan fingerprint density at radius 3 is 2.48 bits per heavy atom. The molecule has 2 aromatic carbocycles. The van der Waals surface area contributed by atoms with Crippen molar-refractivity contribution in [3.63, 3.8) is 0 Å². The lowest BCUT2D eigenvalue weighted by atomic mass is 10.1. The van der Waals surface area contributed by atoms with Crippen molar-refractivity contribution in [3.8, 4) is 11.3 Å². The molecule has 0 saturated carbocycles. The van der Waals surface area contributed by atoms with Crippen LogP contribution in [0.15, 0.2) is 60.4 Å². The number of aromatic nitrogens is 1. The summed E-state index contributed by atoms with van der Waals surface area (Å²) in [5.74, 6) is 0.498. The zero-order valence-electron chi connectivity index (χ0n) is 15.4. The molecule has 4 nitrogen and oxygen atoms in total. The molecular formula is C22H21N3OS. The van der Waals surface area contributed by atoms with E-state index in [9.17, 15) is 5.11 Å². The summed E-state index contributed by atoms with van der Waals surface area (Å²) >= 11 is 1.52. The molecule has 0 amide bonds. The number of aliphatic hydroxyl groups is 1. The van der Waals surface area contributed by atoms with Gasteiger partial charge in [-0.1, -0.05) is 49.4 Å². The number of aliphatic hydroxyl groups excluding tert-OH is 1. The maximum atomic E-state index is 10.6. The van der Waals surface area contributed by atoms with Gasteiger partial charge in [-0.15, -0.1) is 11.3 Å². The van der Waals surface area contributed by atoms with Crippen LogP contribution in [0.2, 0.25) is 0 Å². The third-order valence-electron chi connectivity index (χ3n) is 4.82. The number of anilines is 1. The molecule has 0 radical (unpaired) electrons. The number of nitrogens with zero attached hydrogens (tertiary/aromatic N) is 2. The fourth-order valence-corrected chi connectivity index (χ4v) is 4.31. The van der Waals surface area contributed by atoms with E-state index in [0.29, 0.717) is 23.0 Å². The van der Waals surface area contributed by atoms with Gasteiger partial charge in [-0.25, -0.2) is 4.98 Å². The number of benzene rings is 2. The number of hydrogen-bond acceptors (Lipinski definition) is 4. The van der Waals surface area contributed by atoms with Gasteiger partial charge in [-0.2, -0.15) is 0 Å². The second-order valence-electron chi connectivity index (χ2n) is 6.57. The largest absolute Gasteiger partial charge is 0.510 e. The summed E-state index contributed by atoms with van der Waals surface area (Å²) in [7, 11) is 0. The summed E-state index contributed by atoms with van der Waals surface area (Å²) in [5, 5.41) is 19.9. The fraction of sp³-hybridized carbons (Fsp3) is 0.182. The minimum absolute atomic E-state index is 0.202. The molecule has 0 fully saturated rings. The van der Waals surface area contributed by atoms with Crippen molar-refractivity contribution < 1.29 is 5.11 Å². The summed E-state index contributed by atoms with van der Waals surface area (Å²) in [5.41, 5.74) is 4.66. The molecular weight excluding hydrogens is 354 g/mol. The second kappa shape index (κ2) is 7.00. The van der Waals surface area contributed by atoms with Crippen LogP contribution in [-0.4, -0.2) is 22.5 Å². The SMILES string of the molecule is CCc1ccc(N2CC(O)=C(c3nc(-c4ccccc4)c(C)s3)C2=N)cc1. The topological polar surface area (TPSA) is 60.2 Å². The van der Waals surface area contributed by atoms with Gasteiger partial charge in [0, 0.05) is 16.1 Å². The quantitative estimate of drug-likeness (QED) is 0.638. The average Bonchev–Trinajstić information content (AvgIpc) is 3.21. The Kier molecular flexibility index (Phi) is 4.54. The first-order chi connectivity index (χ1) is 13.1. The van der Waals surface area contributed by atoms with E-state index in [1.165, 1.54) is 16.9 Å². The van der Waals surface area contributed by atoms with E-state index in [0.717, 1.165) is 28.2 Å². The van der Waals surface area contributed by atoms with Crippen molar-refractivity contribution in [2.75, 3.05) is 11.4 Å². The van der Waals surface area contributed by atoms with Crippen molar-refractivity contribution >= 4 is 28.4 Å². The van der Waals surface area contributed by atoms with E-state index in [1.807, 2.05) is 54.3 Å².